The SMILES string of the molecule is CCN(Cc1ccccc1)C(=O)CNC(=O)C1CCCN(S(C)(=O)=O)C1. The summed E-state index contributed by atoms with van der Waals surface area (Å²) in [5, 5.41) is 2.67. The molecule has 1 aromatic carbocycles. The highest BCUT2D eigenvalue weighted by atomic mass is 32.2. The van der Waals surface area contributed by atoms with Crippen LogP contribution in [0.25, 0.3) is 0 Å². The number of carbonyl (C=O) groups excluding carboxylic acids is 2. The average molecular weight is 381 g/mol. The Hall–Kier alpha value is -1.93. The van der Waals surface area contributed by atoms with Crippen LogP contribution in [-0.4, -0.2) is 61.9 Å². The molecular weight excluding hydrogens is 354 g/mol. The van der Waals surface area contributed by atoms with Gasteiger partial charge in [0.1, 0.15) is 0 Å². The van der Waals surface area contributed by atoms with Crippen molar-refractivity contribution in [3.8, 4) is 0 Å². The molecule has 0 saturated carbocycles. The van der Waals surface area contributed by atoms with Crippen LogP contribution >= 0.6 is 0 Å². The van der Waals surface area contributed by atoms with Crippen LogP contribution in [-0.2, 0) is 26.2 Å². The van der Waals surface area contributed by atoms with Crippen LogP contribution in [0, 0.1) is 5.92 Å². The molecule has 0 aromatic heterocycles. The highest BCUT2D eigenvalue weighted by Crippen LogP contribution is 2.18. The first-order valence-electron chi connectivity index (χ1n) is 8.85. The summed E-state index contributed by atoms with van der Waals surface area (Å²) in [5.74, 6) is -0.821. The summed E-state index contributed by atoms with van der Waals surface area (Å²) in [6.45, 7) is 3.50. The van der Waals surface area contributed by atoms with Crippen LogP contribution in [0.15, 0.2) is 30.3 Å². The largest absolute Gasteiger partial charge is 0.347 e. The first kappa shape index (κ1) is 20.4. The van der Waals surface area contributed by atoms with E-state index in [-0.39, 0.29) is 24.9 Å². The van der Waals surface area contributed by atoms with Crippen LogP contribution < -0.4 is 5.32 Å². The van der Waals surface area contributed by atoms with E-state index in [0.29, 0.717) is 32.5 Å². The molecule has 1 aliphatic rings. The van der Waals surface area contributed by atoms with E-state index in [0.717, 1.165) is 11.8 Å². The molecule has 1 aromatic rings. The Morgan fingerprint density at radius 3 is 2.58 bits per heavy atom. The normalized spacial score (nSPS) is 18.3. The van der Waals surface area contributed by atoms with E-state index in [4.69, 9.17) is 0 Å². The molecule has 1 aliphatic heterocycles. The molecule has 7 nitrogen and oxygen atoms in total. The zero-order chi connectivity index (χ0) is 19.2. The summed E-state index contributed by atoms with van der Waals surface area (Å²) >= 11 is 0. The molecule has 1 heterocycles. The zero-order valence-corrected chi connectivity index (χ0v) is 16.2. The molecule has 2 amide bonds. The number of amides is 2. The second-order valence-corrected chi connectivity index (χ2v) is 8.55. The monoisotopic (exact) mass is 381 g/mol. The zero-order valence-electron chi connectivity index (χ0n) is 15.3. The minimum Gasteiger partial charge on any atom is -0.347 e. The molecular formula is C18H27N3O4S. The average Bonchev–Trinajstić information content (AvgIpc) is 2.64. The van der Waals surface area contributed by atoms with Gasteiger partial charge in [0.05, 0.1) is 18.7 Å². The van der Waals surface area contributed by atoms with E-state index in [1.165, 1.54) is 4.31 Å². The van der Waals surface area contributed by atoms with E-state index in [9.17, 15) is 18.0 Å². The van der Waals surface area contributed by atoms with Crippen molar-refractivity contribution in [3.63, 3.8) is 0 Å². The standard InChI is InChI=1S/C18H27N3O4S/c1-3-20(13-15-8-5-4-6-9-15)17(22)12-19-18(23)16-10-7-11-21(14-16)26(2,24)25/h4-6,8-9,16H,3,7,10-14H2,1-2H3,(H,19,23). The number of nitrogens with zero attached hydrogens (tertiary/aromatic N) is 2. The number of nitrogens with one attached hydrogen (secondary N) is 1. The number of sulfonamides is 1. The molecule has 1 unspecified atom stereocenters. The fourth-order valence-electron chi connectivity index (χ4n) is 3.06. The fourth-order valence-corrected chi connectivity index (χ4v) is 3.97. The van der Waals surface area contributed by atoms with Crippen molar-refractivity contribution in [2.75, 3.05) is 32.4 Å². The van der Waals surface area contributed by atoms with Gasteiger partial charge in [-0.3, -0.25) is 9.59 Å². The van der Waals surface area contributed by atoms with Crippen LogP contribution in [0.1, 0.15) is 25.3 Å². The molecule has 1 N–H and O–H groups in total. The van der Waals surface area contributed by atoms with Crippen molar-refractivity contribution >= 4 is 21.8 Å². The fraction of sp³-hybridized carbons (Fsp3) is 0.556. The Morgan fingerprint density at radius 1 is 1.27 bits per heavy atom. The third kappa shape index (κ3) is 5.81. The second kappa shape index (κ2) is 9.14. The summed E-state index contributed by atoms with van der Waals surface area (Å²) in [6, 6.07) is 9.68. The Bertz CT molecular complexity index is 721. The lowest BCUT2D eigenvalue weighted by molar-refractivity contribution is -0.134. The van der Waals surface area contributed by atoms with Crippen molar-refractivity contribution in [3.05, 3.63) is 35.9 Å². The molecule has 1 saturated heterocycles. The van der Waals surface area contributed by atoms with Gasteiger partial charge in [0.25, 0.3) is 0 Å². The highest BCUT2D eigenvalue weighted by molar-refractivity contribution is 7.88. The van der Waals surface area contributed by atoms with Gasteiger partial charge in [0.2, 0.25) is 21.8 Å². The third-order valence-corrected chi connectivity index (χ3v) is 5.86. The number of piperidine rings is 1. The van der Waals surface area contributed by atoms with Gasteiger partial charge in [-0.1, -0.05) is 30.3 Å². The lowest BCUT2D eigenvalue weighted by atomic mass is 9.99. The summed E-state index contributed by atoms with van der Waals surface area (Å²) in [4.78, 5) is 26.4. The van der Waals surface area contributed by atoms with Gasteiger partial charge in [-0.2, -0.15) is 0 Å². The predicted molar refractivity (Wildman–Crippen MR) is 99.7 cm³/mol. The molecule has 0 spiro atoms. The van der Waals surface area contributed by atoms with Crippen LogP contribution in [0.4, 0.5) is 0 Å². The Balaban J connectivity index is 1.86. The number of hydrogen-bond donors (Lipinski definition) is 1. The molecule has 8 heteroatoms. The summed E-state index contributed by atoms with van der Waals surface area (Å²) in [7, 11) is -3.30. The van der Waals surface area contributed by atoms with Gasteiger partial charge in [-0.05, 0) is 25.3 Å². The minimum absolute atomic E-state index is 0.0745. The third-order valence-electron chi connectivity index (χ3n) is 4.59. The van der Waals surface area contributed by atoms with E-state index < -0.39 is 15.9 Å². The molecule has 144 valence electrons. The number of hydrogen-bond acceptors (Lipinski definition) is 4. The topological polar surface area (TPSA) is 86.8 Å². The lowest BCUT2D eigenvalue weighted by Crippen LogP contribution is -2.47. The first-order chi connectivity index (χ1) is 12.3. The van der Waals surface area contributed by atoms with Crippen LogP contribution in [0.5, 0.6) is 0 Å². The maximum atomic E-state index is 12.4. The van der Waals surface area contributed by atoms with Crippen molar-refractivity contribution in [2.45, 2.75) is 26.3 Å². The van der Waals surface area contributed by atoms with Gasteiger partial charge in [-0.25, -0.2) is 12.7 Å². The molecule has 1 atom stereocenters. The Morgan fingerprint density at radius 2 is 1.96 bits per heavy atom. The van der Waals surface area contributed by atoms with Crippen LogP contribution in [0.3, 0.4) is 0 Å². The van der Waals surface area contributed by atoms with Crippen LogP contribution in [0.2, 0.25) is 0 Å². The molecule has 2 rings (SSSR count). The van der Waals surface area contributed by atoms with Gasteiger partial charge >= 0.3 is 0 Å². The van der Waals surface area contributed by atoms with E-state index >= 15 is 0 Å². The van der Waals surface area contributed by atoms with Crippen molar-refractivity contribution in [1.82, 2.24) is 14.5 Å². The lowest BCUT2D eigenvalue weighted by Gasteiger charge is -2.30. The summed E-state index contributed by atoms with van der Waals surface area (Å²) in [6.07, 6.45) is 2.43. The molecule has 0 radical (unpaired) electrons. The van der Waals surface area contributed by atoms with Crippen molar-refractivity contribution in [2.24, 2.45) is 5.92 Å². The van der Waals surface area contributed by atoms with Gasteiger partial charge in [0.15, 0.2) is 0 Å². The number of rotatable bonds is 7. The minimum atomic E-state index is -3.30. The van der Waals surface area contributed by atoms with Gasteiger partial charge in [-0.15, -0.1) is 0 Å². The second-order valence-electron chi connectivity index (χ2n) is 6.57. The smallest absolute Gasteiger partial charge is 0.242 e. The Labute approximate surface area is 155 Å². The maximum Gasteiger partial charge on any atom is 0.242 e. The number of likely N-dealkylation sites (N-methyl/N-ethyl adjacent to an activating group) is 1. The molecule has 0 bridgehead atoms. The first-order valence-corrected chi connectivity index (χ1v) is 10.7. The van der Waals surface area contributed by atoms with E-state index in [1.807, 2.05) is 37.3 Å². The summed E-state index contributed by atoms with van der Waals surface area (Å²) < 4.78 is 24.6. The van der Waals surface area contributed by atoms with Crippen molar-refractivity contribution < 1.29 is 18.0 Å². The van der Waals surface area contributed by atoms with Gasteiger partial charge in [0, 0.05) is 26.2 Å². The maximum absolute atomic E-state index is 12.4. The molecule has 1 fully saturated rings. The predicted octanol–water partition coefficient (Wildman–Crippen LogP) is 0.823. The quantitative estimate of drug-likeness (QED) is 0.758. The van der Waals surface area contributed by atoms with E-state index in [2.05, 4.69) is 5.32 Å². The van der Waals surface area contributed by atoms with E-state index in [1.54, 1.807) is 4.90 Å². The molecule has 26 heavy (non-hydrogen) atoms. The Kier molecular flexibility index (Phi) is 7.16. The van der Waals surface area contributed by atoms with Gasteiger partial charge < -0.3 is 10.2 Å². The van der Waals surface area contributed by atoms with Crippen molar-refractivity contribution in [1.29, 1.82) is 0 Å². The number of carbonyl (C=O) groups is 2. The molecule has 0 aliphatic carbocycles. The summed E-state index contributed by atoms with van der Waals surface area (Å²) in [5.41, 5.74) is 1.03. The number of benzene rings is 1. The highest BCUT2D eigenvalue weighted by Gasteiger charge is 2.30.